The van der Waals surface area contributed by atoms with Gasteiger partial charge in [-0.05, 0) is 57.5 Å². The second kappa shape index (κ2) is 9.75. The van der Waals surface area contributed by atoms with Gasteiger partial charge >= 0.3 is 0 Å². The van der Waals surface area contributed by atoms with E-state index in [-0.39, 0.29) is 5.91 Å². The van der Waals surface area contributed by atoms with Gasteiger partial charge in [0.25, 0.3) is 5.91 Å². The zero-order chi connectivity index (χ0) is 22.8. The molecule has 2 aromatic heterocycles. The number of hydrogen-bond donors (Lipinski definition) is 2. The molecule has 174 valence electrons. The molecule has 1 saturated carbocycles. The lowest BCUT2D eigenvalue weighted by molar-refractivity contribution is 0.0952. The topological polar surface area (TPSA) is 73.4 Å². The summed E-state index contributed by atoms with van der Waals surface area (Å²) in [6.07, 6.45) is 5.03. The van der Waals surface area contributed by atoms with E-state index < -0.39 is 0 Å². The predicted molar refractivity (Wildman–Crippen MR) is 135 cm³/mol. The maximum absolute atomic E-state index is 12.7. The maximum atomic E-state index is 12.7. The van der Waals surface area contributed by atoms with Crippen LogP contribution in [0.15, 0.2) is 36.5 Å². The summed E-state index contributed by atoms with van der Waals surface area (Å²) in [7, 11) is 2.19. The van der Waals surface area contributed by atoms with Crippen LogP contribution in [0.3, 0.4) is 0 Å². The fourth-order valence-corrected chi connectivity index (χ4v) is 5.51. The molecule has 2 fully saturated rings. The standard InChI is InChI=1S/C25H32N6OS/c1-17-16-30(2)13-14-31(17)12-4-10-26-25-27-11-9-21(29-25)23-15-20-19(5-3-6-22(20)33-23)24(32)28-18-7-8-18/h3,5-6,9,11,15,17-18H,4,7-8,10,12-14,16H2,1-2H3,(H,28,32)(H,26,27,29)/t17-/m1/s1. The molecule has 3 aromatic rings. The average molecular weight is 465 g/mol. The van der Waals surface area contributed by atoms with Crippen molar-refractivity contribution in [2.45, 2.75) is 38.3 Å². The third-order valence-electron chi connectivity index (χ3n) is 6.50. The number of piperazine rings is 1. The summed E-state index contributed by atoms with van der Waals surface area (Å²) in [5.74, 6) is 0.676. The first-order valence-corrected chi connectivity index (χ1v) is 12.7. The number of amides is 1. The summed E-state index contributed by atoms with van der Waals surface area (Å²) in [4.78, 5) is 27.8. The molecule has 0 radical (unpaired) electrons. The SMILES string of the molecule is C[C@@H]1CN(C)CCN1CCCNc1nccc(-c2cc3c(C(=O)NC4CC4)cccc3s2)n1. The number of nitrogens with zero attached hydrogens (tertiary/aromatic N) is 4. The van der Waals surface area contributed by atoms with Gasteiger partial charge in [0.2, 0.25) is 5.95 Å². The molecule has 1 amide bonds. The van der Waals surface area contributed by atoms with Crippen LogP contribution in [0.1, 0.15) is 36.5 Å². The number of rotatable bonds is 8. The molecule has 1 atom stereocenters. The first kappa shape index (κ1) is 22.3. The van der Waals surface area contributed by atoms with Crippen LogP contribution < -0.4 is 10.6 Å². The number of carbonyl (C=O) groups excluding carboxylic acids is 1. The van der Waals surface area contributed by atoms with Crippen molar-refractivity contribution in [3.05, 3.63) is 42.1 Å². The Morgan fingerprint density at radius 1 is 1.24 bits per heavy atom. The molecule has 3 heterocycles. The quantitative estimate of drug-likeness (QED) is 0.496. The van der Waals surface area contributed by atoms with Crippen molar-refractivity contribution in [3.63, 3.8) is 0 Å². The van der Waals surface area contributed by atoms with Crippen LogP contribution in [0.4, 0.5) is 5.95 Å². The molecule has 1 saturated heterocycles. The highest BCUT2D eigenvalue weighted by atomic mass is 32.1. The van der Waals surface area contributed by atoms with Crippen LogP contribution in [0.25, 0.3) is 20.7 Å². The molecule has 1 aliphatic heterocycles. The Hall–Kier alpha value is -2.55. The molecule has 2 aliphatic rings. The Morgan fingerprint density at radius 3 is 2.94 bits per heavy atom. The summed E-state index contributed by atoms with van der Waals surface area (Å²) >= 11 is 1.66. The van der Waals surface area contributed by atoms with Crippen molar-refractivity contribution in [1.82, 2.24) is 25.1 Å². The molecule has 33 heavy (non-hydrogen) atoms. The minimum atomic E-state index is 0.0205. The molecule has 8 heteroatoms. The second-order valence-electron chi connectivity index (χ2n) is 9.27. The van der Waals surface area contributed by atoms with Gasteiger partial charge in [0.05, 0.1) is 10.6 Å². The maximum Gasteiger partial charge on any atom is 0.252 e. The molecule has 1 aliphatic carbocycles. The fraction of sp³-hybridized carbons (Fsp3) is 0.480. The van der Waals surface area contributed by atoms with Gasteiger partial charge in [-0.1, -0.05) is 6.07 Å². The Labute approximate surface area is 199 Å². The van der Waals surface area contributed by atoms with E-state index in [1.165, 1.54) is 0 Å². The van der Waals surface area contributed by atoms with Gasteiger partial charge in [0.1, 0.15) is 0 Å². The molecule has 0 unspecified atom stereocenters. The van der Waals surface area contributed by atoms with Gasteiger partial charge in [-0.25, -0.2) is 9.97 Å². The largest absolute Gasteiger partial charge is 0.354 e. The number of aromatic nitrogens is 2. The predicted octanol–water partition coefficient (Wildman–Crippen LogP) is 3.69. The van der Waals surface area contributed by atoms with Crippen LogP contribution in [-0.2, 0) is 0 Å². The van der Waals surface area contributed by atoms with Gasteiger partial charge < -0.3 is 15.5 Å². The minimum Gasteiger partial charge on any atom is -0.354 e. The van der Waals surface area contributed by atoms with Crippen LogP contribution >= 0.6 is 11.3 Å². The summed E-state index contributed by atoms with van der Waals surface area (Å²) in [6, 6.07) is 10.9. The van der Waals surface area contributed by atoms with Crippen molar-refractivity contribution in [2.24, 2.45) is 0 Å². The summed E-state index contributed by atoms with van der Waals surface area (Å²) in [5.41, 5.74) is 1.63. The van der Waals surface area contributed by atoms with Gasteiger partial charge in [-0.15, -0.1) is 11.3 Å². The monoisotopic (exact) mass is 464 g/mol. The highest BCUT2D eigenvalue weighted by Gasteiger charge is 2.25. The van der Waals surface area contributed by atoms with E-state index in [2.05, 4.69) is 51.5 Å². The number of likely N-dealkylation sites (N-methyl/N-ethyl adjacent to an activating group) is 1. The number of benzene rings is 1. The van der Waals surface area contributed by atoms with Crippen LogP contribution in [-0.4, -0.2) is 77.5 Å². The molecular weight excluding hydrogens is 432 g/mol. The highest BCUT2D eigenvalue weighted by molar-refractivity contribution is 7.22. The van der Waals surface area contributed by atoms with Crippen molar-refractivity contribution in [2.75, 3.05) is 45.1 Å². The smallest absolute Gasteiger partial charge is 0.252 e. The van der Waals surface area contributed by atoms with E-state index in [4.69, 9.17) is 4.98 Å². The molecular formula is C25H32N6OS. The third-order valence-corrected chi connectivity index (χ3v) is 7.62. The van der Waals surface area contributed by atoms with Crippen molar-refractivity contribution in [3.8, 4) is 10.6 Å². The molecule has 0 spiro atoms. The van der Waals surface area contributed by atoms with E-state index in [0.717, 1.165) is 78.2 Å². The second-order valence-corrected chi connectivity index (χ2v) is 10.4. The van der Waals surface area contributed by atoms with E-state index in [9.17, 15) is 4.79 Å². The Kier molecular flexibility index (Phi) is 6.57. The zero-order valence-corrected chi connectivity index (χ0v) is 20.2. The van der Waals surface area contributed by atoms with Gasteiger partial charge in [-0.2, -0.15) is 0 Å². The van der Waals surface area contributed by atoms with E-state index in [1.807, 2.05) is 18.2 Å². The number of carbonyl (C=O) groups is 1. The molecule has 1 aromatic carbocycles. The lowest BCUT2D eigenvalue weighted by Gasteiger charge is -2.38. The number of fused-ring (bicyclic) bond motifs is 1. The zero-order valence-electron chi connectivity index (χ0n) is 19.4. The molecule has 0 bridgehead atoms. The molecule has 2 N–H and O–H groups in total. The van der Waals surface area contributed by atoms with Crippen LogP contribution in [0.2, 0.25) is 0 Å². The first-order valence-electron chi connectivity index (χ1n) is 11.9. The van der Waals surface area contributed by atoms with E-state index >= 15 is 0 Å². The summed E-state index contributed by atoms with van der Waals surface area (Å²) in [5, 5.41) is 7.48. The average Bonchev–Trinajstić information content (AvgIpc) is 3.51. The number of anilines is 1. The highest BCUT2D eigenvalue weighted by Crippen LogP contribution is 2.35. The molecule has 7 nitrogen and oxygen atoms in total. The number of nitrogens with one attached hydrogen (secondary N) is 2. The first-order chi connectivity index (χ1) is 16.1. The van der Waals surface area contributed by atoms with E-state index in [0.29, 0.717) is 18.0 Å². The number of thiophene rings is 1. The summed E-state index contributed by atoms with van der Waals surface area (Å²) in [6.45, 7) is 7.65. The van der Waals surface area contributed by atoms with Crippen LogP contribution in [0.5, 0.6) is 0 Å². The van der Waals surface area contributed by atoms with Crippen molar-refractivity contribution < 1.29 is 4.79 Å². The Morgan fingerprint density at radius 2 is 2.12 bits per heavy atom. The van der Waals surface area contributed by atoms with Gasteiger partial charge in [-0.3, -0.25) is 9.69 Å². The van der Waals surface area contributed by atoms with Gasteiger partial charge in [0.15, 0.2) is 0 Å². The van der Waals surface area contributed by atoms with Crippen molar-refractivity contribution >= 4 is 33.3 Å². The normalized spacial score (nSPS) is 19.6. The fourth-order valence-electron chi connectivity index (χ4n) is 4.45. The lowest BCUT2D eigenvalue weighted by Crippen LogP contribution is -2.50. The third kappa shape index (κ3) is 5.34. The Balaban J connectivity index is 1.23. The van der Waals surface area contributed by atoms with Crippen molar-refractivity contribution in [1.29, 1.82) is 0 Å². The lowest BCUT2D eigenvalue weighted by atomic mass is 10.1. The van der Waals surface area contributed by atoms with Crippen LogP contribution in [0, 0.1) is 0 Å². The minimum absolute atomic E-state index is 0.0205. The number of hydrogen-bond acceptors (Lipinski definition) is 7. The Bertz CT molecular complexity index is 1130. The van der Waals surface area contributed by atoms with Gasteiger partial charge in [0, 0.05) is 66.7 Å². The van der Waals surface area contributed by atoms with E-state index in [1.54, 1.807) is 17.5 Å². The summed E-state index contributed by atoms with van der Waals surface area (Å²) < 4.78 is 1.10. The molecule has 5 rings (SSSR count).